The number of nitrogens with zero attached hydrogens (tertiary/aromatic N) is 3. The molecule has 0 N–H and O–H groups in total. The number of hydrogen-bond acceptors (Lipinski definition) is 2. The van der Waals surface area contributed by atoms with E-state index in [1.54, 1.807) is 0 Å². The second kappa shape index (κ2) is 7.13. The van der Waals surface area contributed by atoms with Crippen LogP contribution in [0.3, 0.4) is 0 Å². The van der Waals surface area contributed by atoms with Crippen molar-refractivity contribution in [2.24, 2.45) is 4.99 Å². The van der Waals surface area contributed by atoms with Gasteiger partial charge in [-0.15, -0.1) is 6.42 Å². The van der Waals surface area contributed by atoms with Gasteiger partial charge in [-0.25, -0.2) is 0 Å². The number of hydrogen-bond donors (Lipinski definition) is 0. The van der Waals surface area contributed by atoms with Crippen LogP contribution in [0.15, 0.2) is 17.6 Å². The number of terminal acetylenes is 1. The lowest BCUT2D eigenvalue weighted by Crippen LogP contribution is -2.36. The highest BCUT2D eigenvalue weighted by Crippen LogP contribution is 2.07. The Morgan fingerprint density at radius 1 is 1.41 bits per heavy atom. The van der Waals surface area contributed by atoms with Crippen LogP contribution in [0.2, 0.25) is 0 Å². The van der Waals surface area contributed by atoms with Crippen molar-refractivity contribution in [3.05, 3.63) is 12.7 Å². The SMILES string of the molecule is C#CCN=C(C=C)N1CCCN(C(C)C)CC1. The van der Waals surface area contributed by atoms with Crippen LogP contribution >= 0.6 is 0 Å². The van der Waals surface area contributed by atoms with Gasteiger partial charge in [0.15, 0.2) is 0 Å². The van der Waals surface area contributed by atoms with Crippen molar-refractivity contribution in [1.29, 1.82) is 0 Å². The highest BCUT2D eigenvalue weighted by Gasteiger charge is 2.17. The minimum Gasteiger partial charge on any atom is -0.356 e. The predicted molar refractivity (Wildman–Crippen MR) is 74.2 cm³/mol. The van der Waals surface area contributed by atoms with E-state index >= 15 is 0 Å². The van der Waals surface area contributed by atoms with Crippen LogP contribution < -0.4 is 0 Å². The van der Waals surface area contributed by atoms with Gasteiger partial charge in [0.1, 0.15) is 12.4 Å². The Balaban J connectivity index is 2.61. The molecule has 0 bridgehead atoms. The first-order valence-electron chi connectivity index (χ1n) is 6.28. The van der Waals surface area contributed by atoms with Crippen LogP contribution in [-0.4, -0.2) is 54.4 Å². The van der Waals surface area contributed by atoms with Gasteiger partial charge in [0.25, 0.3) is 0 Å². The summed E-state index contributed by atoms with van der Waals surface area (Å²) in [7, 11) is 0. The summed E-state index contributed by atoms with van der Waals surface area (Å²) < 4.78 is 0. The van der Waals surface area contributed by atoms with E-state index in [2.05, 4.69) is 41.1 Å². The largest absolute Gasteiger partial charge is 0.356 e. The first-order chi connectivity index (χ1) is 8.19. The second-order valence-corrected chi connectivity index (χ2v) is 4.55. The fraction of sp³-hybridized carbons (Fsp3) is 0.643. The van der Waals surface area contributed by atoms with Crippen LogP contribution in [0.5, 0.6) is 0 Å². The molecule has 94 valence electrons. The van der Waals surface area contributed by atoms with Crippen molar-refractivity contribution in [1.82, 2.24) is 9.80 Å². The summed E-state index contributed by atoms with van der Waals surface area (Å²) in [6, 6.07) is 0.616. The van der Waals surface area contributed by atoms with Crippen LogP contribution in [0, 0.1) is 12.3 Å². The molecule has 0 amide bonds. The molecule has 3 nitrogen and oxygen atoms in total. The Labute approximate surface area is 105 Å². The number of aliphatic imine (C=N–C) groups is 1. The van der Waals surface area contributed by atoms with Gasteiger partial charge in [-0.05, 0) is 26.3 Å². The molecule has 1 fully saturated rings. The van der Waals surface area contributed by atoms with Gasteiger partial charge in [0.05, 0.1) is 0 Å². The molecule has 0 saturated carbocycles. The maximum absolute atomic E-state index is 5.24. The molecule has 0 unspecified atom stereocenters. The zero-order chi connectivity index (χ0) is 12.7. The fourth-order valence-corrected chi connectivity index (χ4v) is 2.10. The number of rotatable bonds is 3. The monoisotopic (exact) mass is 233 g/mol. The molecule has 0 atom stereocenters. The van der Waals surface area contributed by atoms with E-state index in [9.17, 15) is 0 Å². The maximum atomic E-state index is 5.24. The third-order valence-corrected chi connectivity index (χ3v) is 3.10. The van der Waals surface area contributed by atoms with Gasteiger partial charge >= 0.3 is 0 Å². The smallest absolute Gasteiger partial charge is 0.123 e. The van der Waals surface area contributed by atoms with E-state index in [4.69, 9.17) is 6.42 Å². The topological polar surface area (TPSA) is 18.8 Å². The molecule has 0 aromatic heterocycles. The van der Waals surface area contributed by atoms with Gasteiger partial charge < -0.3 is 4.90 Å². The highest BCUT2D eigenvalue weighted by molar-refractivity contribution is 5.92. The Bertz CT molecular complexity index is 312. The fourth-order valence-electron chi connectivity index (χ4n) is 2.10. The summed E-state index contributed by atoms with van der Waals surface area (Å²) in [5.74, 6) is 3.48. The predicted octanol–water partition coefficient (Wildman–Crippen LogP) is 1.62. The van der Waals surface area contributed by atoms with Crippen molar-refractivity contribution in [3.8, 4) is 12.3 Å². The third kappa shape index (κ3) is 4.24. The molecule has 1 aliphatic rings. The molecule has 1 saturated heterocycles. The molecule has 0 spiro atoms. The van der Waals surface area contributed by atoms with Crippen molar-refractivity contribution in [3.63, 3.8) is 0 Å². The average Bonchev–Trinajstić information content (AvgIpc) is 2.56. The molecule has 0 aliphatic carbocycles. The standard InChI is InChI=1S/C14H23N3/c1-5-8-15-14(6-2)17-10-7-9-16(11-12-17)13(3)4/h1,6,13H,2,7-12H2,3-4H3. The molecular formula is C14H23N3. The first-order valence-corrected chi connectivity index (χ1v) is 6.28. The highest BCUT2D eigenvalue weighted by atomic mass is 15.3. The van der Waals surface area contributed by atoms with Crippen molar-refractivity contribution in [2.75, 3.05) is 32.7 Å². The number of amidine groups is 1. The van der Waals surface area contributed by atoms with E-state index in [1.165, 1.54) is 6.42 Å². The van der Waals surface area contributed by atoms with Crippen LogP contribution in [0.1, 0.15) is 20.3 Å². The van der Waals surface area contributed by atoms with Crippen molar-refractivity contribution >= 4 is 5.84 Å². The normalized spacial score (nSPS) is 18.9. The van der Waals surface area contributed by atoms with Crippen LogP contribution in [-0.2, 0) is 0 Å². The lowest BCUT2D eigenvalue weighted by atomic mass is 10.3. The summed E-state index contributed by atoms with van der Waals surface area (Å²) in [6.45, 7) is 13.0. The summed E-state index contributed by atoms with van der Waals surface area (Å²) >= 11 is 0. The molecule has 17 heavy (non-hydrogen) atoms. The van der Waals surface area contributed by atoms with Crippen molar-refractivity contribution in [2.45, 2.75) is 26.3 Å². The quantitative estimate of drug-likeness (QED) is 0.419. The summed E-state index contributed by atoms with van der Waals surface area (Å²) in [4.78, 5) is 9.15. The van der Waals surface area contributed by atoms with E-state index in [-0.39, 0.29) is 0 Å². The molecule has 1 heterocycles. The molecule has 3 heteroatoms. The first kappa shape index (κ1) is 13.8. The minimum atomic E-state index is 0.436. The van der Waals surface area contributed by atoms with Crippen molar-refractivity contribution < 1.29 is 0 Å². The maximum Gasteiger partial charge on any atom is 0.123 e. The third-order valence-electron chi connectivity index (χ3n) is 3.10. The van der Waals surface area contributed by atoms with Gasteiger partial charge in [-0.1, -0.05) is 12.5 Å². The molecule has 0 radical (unpaired) electrons. The summed E-state index contributed by atoms with van der Waals surface area (Å²) in [5.41, 5.74) is 0. The summed E-state index contributed by atoms with van der Waals surface area (Å²) in [5, 5.41) is 0. The Morgan fingerprint density at radius 2 is 2.18 bits per heavy atom. The molecular weight excluding hydrogens is 210 g/mol. The molecule has 0 aromatic rings. The molecule has 0 aromatic carbocycles. The average molecular weight is 233 g/mol. The molecule has 1 aliphatic heterocycles. The Hall–Kier alpha value is -1.27. The molecule has 1 rings (SSSR count). The van der Waals surface area contributed by atoms with E-state index in [0.717, 1.165) is 32.0 Å². The lowest BCUT2D eigenvalue weighted by molar-refractivity contribution is 0.233. The van der Waals surface area contributed by atoms with Gasteiger partial charge in [-0.2, -0.15) is 0 Å². The van der Waals surface area contributed by atoms with Crippen LogP contribution in [0.4, 0.5) is 0 Å². The zero-order valence-electron chi connectivity index (χ0n) is 11.0. The van der Waals surface area contributed by atoms with Gasteiger partial charge in [0.2, 0.25) is 0 Å². The van der Waals surface area contributed by atoms with E-state index < -0.39 is 0 Å². The second-order valence-electron chi connectivity index (χ2n) is 4.55. The zero-order valence-corrected chi connectivity index (χ0v) is 11.0. The van der Waals surface area contributed by atoms with E-state index in [0.29, 0.717) is 12.6 Å². The summed E-state index contributed by atoms with van der Waals surface area (Å²) in [6.07, 6.45) is 8.21. The van der Waals surface area contributed by atoms with Gasteiger partial charge in [0, 0.05) is 32.2 Å². The Kier molecular flexibility index (Phi) is 5.79. The van der Waals surface area contributed by atoms with E-state index in [1.807, 2.05) is 6.08 Å². The van der Waals surface area contributed by atoms with Crippen LogP contribution in [0.25, 0.3) is 0 Å². The minimum absolute atomic E-state index is 0.436. The Morgan fingerprint density at radius 3 is 2.76 bits per heavy atom. The lowest BCUT2D eigenvalue weighted by Gasteiger charge is -2.25. The van der Waals surface area contributed by atoms with Gasteiger partial charge in [-0.3, -0.25) is 9.89 Å².